The van der Waals surface area contributed by atoms with Crippen LogP contribution in [0.4, 0.5) is 0 Å². The van der Waals surface area contributed by atoms with Gasteiger partial charge in [0.25, 0.3) is 0 Å². The fraction of sp³-hybridized carbons (Fsp3) is 0.846. The average Bonchev–Trinajstić information content (AvgIpc) is 3.10. The highest BCUT2D eigenvalue weighted by Gasteiger charge is 2.28. The van der Waals surface area contributed by atoms with Gasteiger partial charge in [-0.05, 0) is 31.9 Å². The van der Waals surface area contributed by atoms with Crippen molar-refractivity contribution in [3.63, 3.8) is 0 Å². The highest BCUT2D eigenvalue weighted by molar-refractivity contribution is 8.00. The zero-order valence-corrected chi connectivity index (χ0v) is 37.5. The van der Waals surface area contributed by atoms with E-state index in [9.17, 15) is 19.2 Å². The van der Waals surface area contributed by atoms with Gasteiger partial charge in [-0.2, -0.15) is 23.5 Å². The molecule has 3 unspecified atom stereocenters. The number of hydrogen-bond acceptors (Lipinski definition) is 15. The van der Waals surface area contributed by atoms with E-state index in [1.54, 1.807) is 36.6 Å². The maximum Gasteiger partial charge on any atom is 0.309 e. The number of unbranched alkanes of at least 4 members (excludes halogenated alkanes) is 2. The van der Waals surface area contributed by atoms with Crippen molar-refractivity contribution in [1.29, 1.82) is 0 Å². The highest BCUT2D eigenvalue weighted by atomic mass is 32.2. The van der Waals surface area contributed by atoms with Crippen molar-refractivity contribution in [3.05, 3.63) is 11.9 Å². The Labute approximate surface area is 349 Å². The number of nitrogens with two attached hydrogens (primary N) is 2. The van der Waals surface area contributed by atoms with Crippen LogP contribution in [-0.2, 0) is 42.9 Å². The van der Waals surface area contributed by atoms with Gasteiger partial charge in [-0.15, -0.1) is 0 Å². The van der Waals surface area contributed by atoms with E-state index in [2.05, 4.69) is 20.8 Å². The van der Waals surface area contributed by atoms with Crippen LogP contribution in [0.2, 0.25) is 5.31 Å². The molecule has 0 fully saturated rings. The summed E-state index contributed by atoms with van der Waals surface area (Å²) in [5, 5.41) is 1.12. The molecule has 56 heavy (non-hydrogen) atoms. The lowest BCUT2D eigenvalue weighted by atomic mass is 9.67. The molecule has 0 aromatic carbocycles. The second kappa shape index (κ2) is 29.2. The van der Waals surface area contributed by atoms with Gasteiger partial charge in [-0.1, -0.05) is 73.5 Å². The molecular weight excluding hydrogens is 754 g/mol. The number of carbonyl (C=O) groups is 4. The van der Waals surface area contributed by atoms with Crippen LogP contribution in [0.25, 0.3) is 0 Å². The number of carbonyl (C=O) groups excluding carboxylic acids is 4. The number of esters is 4. The summed E-state index contributed by atoms with van der Waals surface area (Å²) in [4.78, 5) is 51.6. The predicted octanol–water partition coefficient (Wildman–Crippen LogP) is 4.99. The van der Waals surface area contributed by atoms with Crippen molar-refractivity contribution in [2.75, 3.05) is 76.5 Å². The lowest BCUT2D eigenvalue weighted by molar-refractivity contribution is -0.154. The van der Waals surface area contributed by atoms with Crippen molar-refractivity contribution in [3.8, 4) is 0 Å². The zero-order valence-electron chi connectivity index (χ0n) is 35.9. The monoisotopic (exact) mass is 826 g/mol. The first-order valence-corrected chi connectivity index (χ1v) is 22.0. The molecule has 4 N–H and O–H groups in total. The quantitative estimate of drug-likeness (QED) is 0.0226. The molecule has 0 aliphatic rings. The zero-order chi connectivity index (χ0) is 42.8. The summed E-state index contributed by atoms with van der Waals surface area (Å²) in [6.45, 7) is 19.1. The maximum atomic E-state index is 12.6. The molecule has 0 aromatic rings. The summed E-state index contributed by atoms with van der Waals surface area (Å²) in [5.74, 6) is 6.08. The van der Waals surface area contributed by atoms with Crippen molar-refractivity contribution >= 4 is 63.1 Å². The van der Waals surface area contributed by atoms with Crippen LogP contribution in [0.3, 0.4) is 0 Å². The van der Waals surface area contributed by atoms with E-state index in [0.29, 0.717) is 36.8 Å². The number of ether oxygens (including phenoxy) is 5. The minimum Gasteiger partial charge on any atom is -0.462 e. The number of hydrazine groups is 1. The third-order valence-electron chi connectivity index (χ3n) is 8.21. The van der Waals surface area contributed by atoms with Gasteiger partial charge in [0.15, 0.2) is 0 Å². The van der Waals surface area contributed by atoms with Gasteiger partial charge in [-0.3, -0.25) is 24.1 Å². The van der Waals surface area contributed by atoms with Crippen LogP contribution in [-0.4, -0.2) is 136 Å². The maximum absolute atomic E-state index is 12.6. The minimum atomic E-state index is -0.847. The van der Waals surface area contributed by atoms with Crippen molar-refractivity contribution in [2.24, 2.45) is 23.4 Å². The molecule has 0 spiro atoms. The molecule has 0 amide bonds. The number of thioether (sulfide) groups is 2. The van der Waals surface area contributed by atoms with Crippen LogP contribution in [0.1, 0.15) is 107 Å². The van der Waals surface area contributed by atoms with Crippen LogP contribution < -0.4 is 11.6 Å². The van der Waals surface area contributed by atoms with Gasteiger partial charge in [0.1, 0.15) is 34.3 Å². The van der Waals surface area contributed by atoms with E-state index in [0.717, 1.165) is 31.4 Å². The molecule has 4 radical (unpaired) electrons. The van der Waals surface area contributed by atoms with Gasteiger partial charge >= 0.3 is 23.9 Å². The van der Waals surface area contributed by atoms with Gasteiger partial charge in [0.2, 0.25) is 0 Å². The Bertz CT molecular complexity index is 1180. The summed E-state index contributed by atoms with van der Waals surface area (Å²) >= 11 is 3.33. The fourth-order valence-corrected chi connectivity index (χ4v) is 7.42. The Morgan fingerprint density at radius 1 is 0.768 bits per heavy atom. The Morgan fingerprint density at radius 3 is 1.79 bits per heavy atom. The SMILES string of the molecule is [B]C(C)(C)CC(C)(C)SCC(C)C(=O)OCCOC(=O)CCN(CCC(=O)OCCOC(=O)C(C)CSCC)C/C(N)=C/N(N)CCC([B])(C)OCCCCC. The average molecular weight is 827 g/mol. The van der Waals surface area contributed by atoms with Gasteiger partial charge in [0, 0.05) is 66.4 Å². The Hall–Kier alpha value is -2.07. The van der Waals surface area contributed by atoms with Crippen LogP contribution in [0.15, 0.2) is 11.9 Å². The second-order valence-electron chi connectivity index (χ2n) is 15.8. The molecule has 13 nitrogen and oxygen atoms in total. The van der Waals surface area contributed by atoms with E-state index in [1.165, 1.54) is 5.01 Å². The lowest BCUT2D eigenvalue weighted by Gasteiger charge is -2.32. The van der Waals surface area contributed by atoms with E-state index in [1.807, 2.05) is 39.5 Å². The van der Waals surface area contributed by atoms with E-state index < -0.39 is 17.4 Å². The first-order chi connectivity index (χ1) is 26.1. The molecule has 3 atom stereocenters. The van der Waals surface area contributed by atoms with Crippen molar-refractivity contribution < 1.29 is 42.9 Å². The summed E-state index contributed by atoms with van der Waals surface area (Å²) in [5.41, 5.74) is 5.89. The molecule has 0 aliphatic carbocycles. The number of rotatable bonds is 33. The summed E-state index contributed by atoms with van der Waals surface area (Å²) in [6, 6.07) is 0. The second-order valence-corrected chi connectivity index (χ2v) is 18.9. The summed E-state index contributed by atoms with van der Waals surface area (Å²) in [7, 11) is 12.5. The molecule has 0 saturated heterocycles. The van der Waals surface area contributed by atoms with Gasteiger partial charge in [-0.25, -0.2) is 5.84 Å². The molecule has 0 aromatic heterocycles. The minimum absolute atomic E-state index is 0.000637. The molecule has 0 heterocycles. The fourth-order valence-electron chi connectivity index (χ4n) is 5.38. The highest BCUT2D eigenvalue weighted by Crippen LogP contribution is 2.39. The Morgan fingerprint density at radius 2 is 1.29 bits per heavy atom. The Kier molecular flexibility index (Phi) is 28.1. The molecule has 17 heteroatoms. The molecule has 0 rings (SSSR count). The largest absolute Gasteiger partial charge is 0.462 e. The van der Waals surface area contributed by atoms with Crippen LogP contribution in [0, 0.1) is 11.8 Å². The normalized spacial score (nSPS) is 14.4. The summed E-state index contributed by atoms with van der Waals surface area (Å²) < 4.78 is 26.9. The molecule has 0 saturated carbocycles. The van der Waals surface area contributed by atoms with E-state index in [4.69, 9.17) is 51.0 Å². The topological polar surface area (TPSA) is 173 Å². The number of nitrogens with zero attached hydrogens (tertiary/aromatic N) is 2. The first kappa shape index (κ1) is 53.9. The molecular formula is C39H72B2N4O9S2. The predicted molar refractivity (Wildman–Crippen MR) is 229 cm³/mol. The van der Waals surface area contributed by atoms with Gasteiger partial charge in [0.05, 0.1) is 32.5 Å². The van der Waals surface area contributed by atoms with E-state index in [-0.39, 0.29) is 92.7 Å². The number of hydrogen-bond donors (Lipinski definition) is 2. The molecule has 0 bridgehead atoms. The standard InChI is InChI=1S/C39H72B2N4O9S2/c1-10-12-13-20-54-39(9,41)16-19-45(43)26-32(42)25-44(17-14-33(46)50-21-23-52-35(48)30(3)27-55-11-2)18-15-34(47)51-22-24-53-36(49)31(4)28-56-38(7,8)29-37(5,6)40/h26,30-31H,10-25,27-29,42-43H2,1-9H3/b32-26-. The molecule has 320 valence electrons. The van der Waals surface area contributed by atoms with Crippen LogP contribution in [0.5, 0.6) is 0 Å². The summed E-state index contributed by atoms with van der Waals surface area (Å²) in [6.07, 6.45) is 5.92. The van der Waals surface area contributed by atoms with Gasteiger partial charge < -0.3 is 34.4 Å². The third kappa shape index (κ3) is 30.1. The van der Waals surface area contributed by atoms with Crippen LogP contribution >= 0.6 is 23.5 Å². The lowest BCUT2D eigenvalue weighted by Crippen LogP contribution is -2.38. The van der Waals surface area contributed by atoms with E-state index >= 15 is 0 Å². The first-order valence-electron chi connectivity index (χ1n) is 19.9. The van der Waals surface area contributed by atoms with Crippen molar-refractivity contribution in [2.45, 2.75) is 123 Å². The van der Waals surface area contributed by atoms with Crippen molar-refractivity contribution in [1.82, 2.24) is 9.91 Å². The molecule has 0 aliphatic heterocycles. The Balaban J connectivity index is 5.07. The smallest absolute Gasteiger partial charge is 0.309 e. The third-order valence-corrected chi connectivity index (χ3v) is 10.9.